The quantitative estimate of drug-likeness (QED) is 0.243. The molecule has 4 heteroatoms. The summed E-state index contributed by atoms with van der Waals surface area (Å²) in [5.74, 6) is 2.63. The van der Waals surface area contributed by atoms with E-state index in [1.54, 1.807) is 0 Å². The molecule has 0 bridgehead atoms. The number of hydrogen-bond donors (Lipinski definition) is 1. The molecule has 4 nitrogen and oxygen atoms in total. The van der Waals surface area contributed by atoms with Crippen LogP contribution in [0.25, 0.3) is 10.4 Å². The molecule has 0 radical (unpaired) electrons. The Bertz CT molecular complexity index is 254. The Morgan fingerprint density at radius 1 is 1.40 bits per heavy atom. The van der Waals surface area contributed by atoms with Crippen molar-refractivity contribution >= 4 is 0 Å². The molecule has 0 aliphatic heterocycles. The second-order valence-corrected chi connectivity index (χ2v) is 3.97. The molecule has 0 atom stereocenters. The summed E-state index contributed by atoms with van der Waals surface area (Å²) in [5, 5.41) is 7.24. The van der Waals surface area contributed by atoms with Crippen molar-refractivity contribution in [2.45, 2.75) is 50.6 Å². The van der Waals surface area contributed by atoms with Gasteiger partial charge in [0.05, 0.1) is 0 Å². The zero-order valence-corrected chi connectivity index (χ0v) is 9.02. The molecule has 15 heavy (non-hydrogen) atoms. The summed E-state index contributed by atoms with van der Waals surface area (Å²) in [6, 6.07) is 0.812. The molecule has 1 saturated carbocycles. The zero-order valence-electron chi connectivity index (χ0n) is 9.02. The fourth-order valence-electron chi connectivity index (χ4n) is 1.97. The molecule has 1 rings (SSSR count). The monoisotopic (exact) mass is 206 g/mol. The van der Waals surface area contributed by atoms with Gasteiger partial charge in [0.2, 0.25) is 0 Å². The average molecular weight is 206 g/mol. The van der Waals surface area contributed by atoms with Crippen LogP contribution in [0.15, 0.2) is 5.11 Å². The maximum atomic E-state index is 8.31. The Kier molecular flexibility index (Phi) is 5.69. The van der Waals surface area contributed by atoms with Crippen LogP contribution in [0.5, 0.6) is 0 Å². The molecule has 0 saturated heterocycles. The number of rotatable bonds is 5. The molecule has 0 aromatic carbocycles. The van der Waals surface area contributed by atoms with E-state index >= 15 is 0 Å². The number of nitrogens with zero attached hydrogens (tertiary/aromatic N) is 3. The molecule has 0 amide bonds. The maximum absolute atomic E-state index is 8.31. The Morgan fingerprint density at radius 3 is 2.73 bits per heavy atom. The van der Waals surface area contributed by atoms with Gasteiger partial charge >= 0.3 is 0 Å². The van der Waals surface area contributed by atoms with Gasteiger partial charge in [-0.1, -0.05) is 5.11 Å². The molecule has 0 spiro atoms. The smallest absolute Gasteiger partial charge is 0.0375 e. The number of unbranched alkanes of at least 4 members (excludes halogenated alkanes) is 1. The summed E-state index contributed by atoms with van der Waals surface area (Å²) in [5.41, 5.74) is 8.31. The van der Waals surface area contributed by atoms with Gasteiger partial charge in [0.1, 0.15) is 0 Å². The van der Waals surface area contributed by atoms with Crippen LogP contribution in [-0.4, -0.2) is 18.6 Å². The molecule has 0 aromatic rings. The van der Waals surface area contributed by atoms with Crippen LogP contribution < -0.4 is 5.32 Å². The molecule has 1 fully saturated rings. The van der Waals surface area contributed by atoms with Crippen molar-refractivity contribution in [3.05, 3.63) is 10.4 Å². The van der Waals surface area contributed by atoms with E-state index in [1.807, 2.05) is 0 Å². The Hall–Kier alpha value is -1.17. The average Bonchev–Trinajstić information content (AvgIpc) is 2.27. The van der Waals surface area contributed by atoms with Crippen LogP contribution in [0.4, 0.5) is 0 Å². The highest BCUT2D eigenvalue weighted by molar-refractivity contribution is 4.84. The van der Waals surface area contributed by atoms with Crippen LogP contribution in [0.2, 0.25) is 0 Å². The highest BCUT2D eigenvalue weighted by Gasteiger charge is 2.19. The van der Waals surface area contributed by atoms with Gasteiger partial charge in [-0.2, -0.15) is 0 Å². The van der Waals surface area contributed by atoms with Crippen LogP contribution in [-0.2, 0) is 0 Å². The van der Waals surface area contributed by atoms with Gasteiger partial charge in [-0.25, -0.2) is 0 Å². The van der Waals surface area contributed by atoms with Crippen LogP contribution in [0.3, 0.4) is 0 Å². The Labute approximate surface area is 91.1 Å². The maximum Gasteiger partial charge on any atom is 0.0375 e. The first-order chi connectivity index (χ1) is 7.36. The largest absolute Gasteiger partial charge is 0.314 e. The van der Waals surface area contributed by atoms with E-state index in [9.17, 15) is 0 Å². The Morgan fingerprint density at radius 2 is 2.13 bits per heavy atom. The molecule has 82 valence electrons. The van der Waals surface area contributed by atoms with Gasteiger partial charge in [0.15, 0.2) is 0 Å². The summed E-state index contributed by atoms with van der Waals surface area (Å²) >= 11 is 0. The second-order valence-electron chi connectivity index (χ2n) is 3.97. The second kappa shape index (κ2) is 7.17. The molecule has 1 aliphatic carbocycles. The van der Waals surface area contributed by atoms with Crippen molar-refractivity contribution in [1.29, 1.82) is 0 Å². The number of hydrogen-bond acceptors (Lipinski definition) is 2. The van der Waals surface area contributed by atoms with Crippen LogP contribution in [0.1, 0.15) is 38.5 Å². The topological polar surface area (TPSA) is 60.8 Å². The third-order valence-corrected chi connectivity index (χ3v) is 2.84. The SMILES string of the molecule is C#CCCCNC1CCC(N=[N+]=[N-])CC1. The van der Waals surface area contributed by atoms with E-state index < -0.39 is 0 Å². The molecule has 0 unspecified atom stereocenters. The standard InChI is InChI=1S/C11H18N4/c1-2-3-4-9-13-10-5-7-11(8-6-10)14-15-12/h1,10-11,13H,3-9H2. The minimum Gasteiger partial charge on any atom is -0.314 e. The van der Waals surface area contributed by atoms with Gasteiger partial charge in [-0.05, 0) is 44.2 Å². The van der Waals surface area contributed by atoms with E-state index in [-0.39, 0.29) is 6.04 Å². The van der Waals surface area contributed by atoms with Crippen LogP contribution >= 0.6 is 0 Å². The first kappa shape index (κ1) is 11.9. The lowest BCUT2D eigenvalue weighted by molar-refractivity contribution is 0.342. The summed E-state index contributed by atoms with van der Waals surface area (Å²) < 4.78 is 0. The highest BCUT2D eigenvalue weighted by Crippen LogP contribution is 2.21. The van der Waals surface area contributed by atoms with E-state index in [2.05, 4.69) is 21.3 Å². The third-order valence-electron chi connectivity index (χ3n) is 2.84. The summed E-state index contributed by atoms with van der Waals surface area (Å²) in [7, 11) is 0. The molecular weight excluding hydrogens is 188 g/mol. The number of azide groups is 1. The van der Waals surface area contributed by atoms with Crippen LogP contribution in [0, 0.1) is 12.3 Å². The van der Waals surface area contributed by atoms with Crippen molar-refractivity contribution < 1.29 is 0 Å². The lowest BCUT2D eigenvalue weighted by Gasteiger charge is -2.26. The van der Waals surface area contributed by atoms with Crippen molar-refractivity contribution in [3.8, 4) is 12.3 Å². The number of terminal acetylenes is 1. The summed E-state index contributed by atoms with van der Waals surface area (Å²) in [6.45, 7) is 1.00. The van der Waals surface area contributed by atoms with E-state index in [4.69, 9.17) is 12.0 Å². The van der Waals surface area contributed by atoms with Crippen molar-refractivity contribution in [2.24, 2.45) is 5.11 Å². The fourth-order valence-corrected chi connectivity index (χ4v) is 1.97. The van der Waals surface area contributed by atoms with Crippen molar-refractivity contribution in [1.82, 2.24) is 5.32 Å². The Balaban J connectivity index is 2.09. The minimum absolute atomic E-state index is 0.221. The van der Waals surface area contributed by atoms with Gasteiger partial charge in [-0.3, -0.25) is 0 Å². The minimum atomic E-state index is 0.221. The first-order valence-electron chi connectivity index (χ1n) is 5.58. The molecule has 0 heterocycles. The van der Waals surface area contributed by atoms with Crippen molar-refractivity contribution in [2.75, 3.05) is 6.54 Å². The van der Waals surface area contributed by atoms with E-state index in [1.165, 1.54) is 0 Å². The van der Waals surface area contributed by atoms with Gasteiger partial charge in [0, 0.05) is 23.4 Å². The van der Waals surface area contributed by atoms with Gasteiger partial charge < -0.3 is 5.32 Å². The van der Waals surface area contributed by atoms with Gasteiger partial charge in [-0.15, -0.1) is 12.3 Å². The summed E-state index contributed by atoms with van der Waals surface area (Å²) in [6.07, 6.45) is 11.3. The molecule has 0 aromatic heterocycles. The molecule has 1 aliphatic rings. The summed E-state index contributed by atoms with van der Waals surface area (Å²) in [4.78, 5) is 2.85. The number of nitrogens with one attached hydrogen (secondary N) is 1. The zero-order chi connectivity index (χ0) is 10.9. The predicted octanol–water partition coefficient (Wildman–Crippen LogP) is 2.61. The molecular formula is C11H18N4. The lowest BCUT2D eigenvalue weighted by atomic mass is 9.92. The fraction of sp³-hybridized carbons (Fsp3) is 0.818. The van der Waals surface area contributed by atoms with Crippen molar-refractivity contribution in [3.63, 3.8) is 0 Å². The normalized spacial score (nSPS) is 25.3. The van der Waals surface area contributed by atoms with E-state index in [0.717, 1.165) is 45.1 Å². The van der Waals surface area contributed by atoms with Gasteiger partial charge in [0.25, 0.3) is 0 Å². The third kappa shape index (κ3) is 4.73. The lowest BCUT2D eigenvalue weighted by Crippen LogP contribution is -2.34. The predicted molar refractivity (Wildman–Crippen MR) is 61.3 cm³/mol. The van der Waals surface area contributed by atoms with E-state index in [0.29, 0.717) is 6.04 Å². The highest BCUT2D eigenvalue weighted by atomic mass is 15.1. The first-order valence-corrected chi connectivity index (χ1v) is 5.58. The molecule has 1 N–H and O–H groups in total.